The summed E-state index contributed by atoms with van der Waals surface area (Å²) in [7, 11) is 1.58. The van der Waals surface area contributed by atoms with E-state index in [9.17, 15) is 14.3 Å². The molecule has 104 valence electrons. The maximum absolute atomic E-state index is 13.7. The van der Waals surface area contributed by atoms with Gasteiger partial charge >= 0.3 is 0 Å². The van der Waals surface area contributed by atoms with Crippen molar-refractivity contribution in [3.8, 4) is 5.75 Å². The lowest BCUT2D eigenvalue weighted by molar-refractivity contribution is 0.0779. The number of benzene rings is 2. The average Bonchev–Trinajstić information content (AvgIpc) is 2.43. The van der Waals surface area contributed by atoms with Crippen LogP contribution in [-0.4, -0.2) is 23.0 Å². The quantitative estimate of drug-likeness (QED) is 0.933. The van der Waals surface area contributed by atoms with Gasteiger partial charge in [0.2, 0.25) is 0 Å². The number of aromatic hydroxyl groups is 1. The molecule has 1 N–H and O–H groups in total. The van der Waals surface area contributed by atoms with Gasteiger partial charge in [0, 0.05) is 19.2 Å². The number of phenolic OH excluding ortho intramolecular Hbond substituents is 1. The third-order valence-electron chi connectivity index (χ3n) is 3.10. The summed E-state index contributed by atoms with van der Waals surface area (Å²) < 4.78 is 13.7. The maximum atomic E-state index is 13.7. The third kappa shape index (κ3) is 2.96. The minimum Gasteiger partial charge on any atom is -0.508 e. The zero-order valence-electron chi connectivity index (χ0n) is 11.4. The Hall–Kier alpha value is -2.36. The number of carbonyl (C=O) groups excluding carboxylic acids is 1. The molecule has 1 amide bonds. The Morgan fingerprint density at radius 2 is 1.95 bits per heavy atom. The Labute approximate surface area is 117 Å². The van der Waals surface area contributed by atoms with Crippen LogP contribution in [0.3, 0.4) is 0 Å². The molecule has 0 aliphatic carbocycles. The minimum atomic E-state index is -0.537. The topological polar surface area (TPSA) is 40.5 Å². The van der Waals surface area contributed by atoms with Crippen molar-refractivity contribution in [3.63, 3.8) is 0 Å². The van der Waals surface area contributed by atoms with Crippen LogP contribution in [0.5, 0.6) is 5.75 Å². The number of rotatable bonds is 3. The van der Waals surface area contributed by atoms with Crippen LogP contribution in [0.1, 0.15) is 21.5 Å². The fourth-order valence-corrected chi connectivity index (χ4v) is 1.98. The van der Waals surface area contributed by atoms with Crippen LogP contribution in [0.25, 0.3) is 0 Å². The van der Waals surface area contributed by atoms with E-state index < -0.39 is 11.7 Å². The van der Waals surface area contributed by atoms with E-state index in [-0.39, 0.29) is 17.9 Å². The second kappa shape index (κ2) is 5.74. The molecule has 2 aromatic rings. The van der Waals surface area contributed by atoms with E-state index in [2.05, 4.69) is 0 Å². The number of hydrogen-bond donors (Lipinski definition) is 1. The predicted octanol–water partition coefficient (Wildman–Crippen LogP) is 3.11. The zero-order chi connectivity index (χ0) is 14.7. The highest BCUT2D eigenvalue weighted by molar-refractivity contribution is 5.94. The fourth-order valence-electron chi connectivity index (χ4n) is 1.98. The van der Waals surface area contributed by atoms with Crippen LogP contribution in [0.2, 0.25) is 0 Å². The number of para-hydroxylation sites is 1. The van der Waals surface area contributed by atoms with E-state index in [1.54, 1.807) is 44.3 Å². The molecule has 3 nitrogen and oxygen atoms in total. The summed E-state index contributed by atoms with van der Waals surface area (Å²) in [6.07, 6.45) is 0. The van der Waals surface area contributed by atoms with E-state index in [1.165, 1.54) is 17.0 Å². The molecule has 0 saturated heterocycles. The summed E-state index contributed by atoms with van der Waals surface area (Å²) in [6.45, 7) is 2.03. The van der Waals surface area contributed by atoms with Gasteiger partial charge in [0.25, 0.3) is 5.91 Å². The van der Waals surface area contributed by atoms with Gasteiger partial charge in [-0.05, 0) is 25.1 Å². The second-order valence-corrected chi connectivity index (χ2v) is 4.77. The first-order valence-electron chi connectivity index (χ1n) is 6.27. The van der Waals surface area contributed by atoms with Crippen LogP contribution in [0.15, 0.2) is 42.5 Å². The predicted molar refractivity (Wildman–Crippen MR) is 75.0 cm³/mol. The SMILES string of the molecule is Cc1ccc(F)c(C(=O)N(C)Cc2ccccc2O)c1. The normalized spacial score (nSPS) is 10.3. The summed E-state index contributed by atoms with van der Waals surface area (Å²) in [6, 6.07) is 11.2. The van der Waals surface area contributed by atoms with Crippen molar-refractivity contribution in [2.24, 2.45) is 0 Å². The van der Waals surface area contributed by atoms with Gasteiger partial charge in [-0.3, -0.25) is 4.79 Å². The van der Waals surface area contributed by atoms with Gasteiger partial charge in [0.05, 0.1) is 5.56 Å². The molecule has 0 atom stereocenters. The monoisotopic (exact) mass is 273 g/mol. The lowest BCUT2D eigenvalue weighted by Gasteiger charge is -2.18. The molecule has 0 bridgehead atoms. The molecule has 4 heteroatoms. The minimum absolute atomic E-state index is 0.0444. The van der Waals surface area contributed by atoms with Crippen molar-refractivity contribution in [3.05, 3.63) is 65.0 Å². The Kier molecular flexibility index (Phi) is 4.03. The van der Waals surface area contributed by atoms with E-state index >= 15 is 0 Å². The molecule has 0 aliphatic rings. The number of hydrogen-bond acceptors (Lipinski definition) is 2. The number of carbonyl (C=O) groups is 1. The number of phenols is 1. The average molecular weight is 273 g/mol. The van der Waals surface area contributed by atoms with E-state index in [0.717, 1.165) is 5.56 Å². The third-order valence-corrected chi connectivity index (χ3v) is 3.10. The van der Waals surface area contributed by atoms with E-state index in [0.29, 0.717) is 5.56 Å². The number of aryl methyl sites for hydroxylation is 1. The fraction of sp³-hybridized carbons (Fsp3) is 0.188. The molecule has 0 unspecified atom stereocenters. The number of nitrogens with zero attached hydrogens (tertiary/aromatic N) is 1. The van der Waals surface area contributed by atoms with Crippen molar-refractivity contribution in [1.29, 1.82) is 0 Å². The maximum Gasteiger partial charge on any atom is 0.256 e. The van der Waals surface area contributed by atoms with Crippen molar-refractivity contribution in [2.75, 3.05) is 7.05 Å². The largest absolute Gasteiger partial charge is 0.508 e. The molecular formula is C16H16FNO2. The van der Waals surface area contributed by atoms with Gasteiger partial charge in [-0.25, -0.2) is 4.39 Å². The zero-order valence-corrected chi connectivity index (χ0v) is 11.4. The van der Waals surface area contributed by atoms with Gasteiger partial charge in [0.1, 0.15) is 11.6 Å². The first-order chi connectivity index (χ1) is 9.49. The standard InChI is InChI=1S/C16H16FNO2/c1-11-7-8-14(17)13(9-11)16(20)18(2)10-12-5-3-4-6-15(12)19/h3-9,19H,10H2,1-2H3. The molecule has 0 aromatic heterocycles. The lowest BCUT2D eigenvalue weighted by Crippen LogP contribution is -2.27. The van der Waals surface area contributed by atoms with Gasteiger partial charge in [-0.15, -0.1) is 0 Å². The molecule has 0 radical (unpaired) electrons. The van der Waals surface area contributed by atoms with Crippen molar-refractivity contribution in [1.82, 2.24) is 4.90 Å². The summed E-state index contributed by atoms with van der Waals surface area (Å²) in [5.74, 6) is -0.823. The molecule has 0 spiro atoms. The van der Waals surface area contributed by atoms with Crippen LogP contribution in [0, 0.1) is 12.7 Å². The number of halogens is 1. The summed E-state index contributed by atoms with van der Waals surface area (Å²) in [5.41, 5.74) is 1.49. The smallest absolute Gasteiger partial charge is 0.256 e. The second-order valence-electron chi connectivity index (χ2n) is 4.77. The van der Waals surface area contributed by atoms with Crippen LogP contribution in [-0.2, 0) is 6.54 Å². The first kappa shape index (κ1) is 14.1. The van der Waals surface area contributed by atoms with Gasteiger partial charge in [-0.1, -0.05) is 29.8 Å². The molecule has 0 fully saturated rings. The Balaban J connectivity index is 2.21. The molecule has 2 rings (SSSR count). The van der Waals surface area contributed by atoms with Crippen molar-refractivity contribution < 1.29 is 14.3 Å². The lowest BCUT2D eigenvalue weighted by atomic mass is 10.1. The molecule has 2 aromatic carbocycles. The molecule has 0 aliphatic heterocycles. The molecule has 0 heterocycles. The molecule has 0 saturated carbocycles. The van der Waals surface area contributed by atoms with E-state index in [4.69, 9.17) is 0 Å². The van der Waals surface area contributed by atoms with Gasteiger partial charge < -0.3 is 10.0 Å². The Morgan fingerprint density at radius 1 is 1.25 bits per heavy atom. The van der Waals surface area contributed by atoms with Gasteiger partial charge in [0.15, 0.2) is 0 Å². The summed E-state index contributed by atoms with van der Waals surface area (Å²) in [4.78, 5) is 13.6. The molecular weight excluding hydrogens is 257 g/mol. The summed E-state index contributed by atoms with van der Waals surface area (Å²) >= 11 is 0. The highest BCUT2D eigenvalue weighted by Crippen LogP contribution is 2.19. The first-order valence-corrected chi connectivity index (χ1v) is 6.27. The summed E-state index contributed by atoms with van der Waals surface area (Å²) in [5, 5.41) is 9.70. The molecule has 20 heavy (non-hydrogen) atoms. The van der Waals surface area contributed by atoms with Crippen LogP contribution in [0.4, 0.5) is 4.39 Å². The van der Waals surface area contributed by atoms with Crippen LogP contribution >= 0.6 is 0 Å². The Bertz CT molecular complexity index is 640. The van der Waals surface area contributed by atoms with Crippen molar-refractivity contribution in [2.45, 2.75) is 13.5 Å². The highest BCUT2D eigenvalue weighted by Gasteiger charge is 2.17. The number of amides is 1. The van der Waals surface area contributed by atoms with E-state index in [1.807, 2.05) is 0 Å². The Morgan fingerprint density at radius 3 is 2.65 bits per heavy atom. The van der Waals surface area contributed by atoms with Crippen molar-refractivity contribution >= 4 is 5.91 Å². The van der Waals surface area contributed by atoms with Crippen LogP contribution < -0.4 is 0 Å². The highest BCUT2D eigenvalue weighted by atomic mass is 19.1. The van der Waals surface area contributed by atoms with Gasteiger partial charge in [-0.2, -0.15) is 0 Å².